The van der Waals surface area contributed by atoms with Gasteiger partial charge in [0.2, 0.25) is 0 Å². The van der Waals surface area contributed by atoms with Crippen molar-refractivity contribution in [2.45, 2.75) is 39.2 Å². The van der Waals surface area contributed by atoms with Crippen molar-refractivity contribution >= 4 is 0 Å². The maximum atomic E-state index is 4.69. The van der Waals surface area contributed by atoms with Gasteiger partial charge in [-0.15, -0.1) is 0 Å². The van der Waals surface area contributed by atoms with Crippen LogP contribution in [0.3, 0.4) is 0 Å². The quantitative estimate of drug-likeness (QED) is 0.928. The smallest absolute Gasteiger partial charge is 0.106 e. The van der Waals surface area contributed by atoms with Crippen LogP contribution >= 0.6 is 0 Å². The molecule has 0 saturated carbocycles. The predicted molar refractivity (Wildman–Crippen MR) is 82.8 cm³/mol. The molecule has 0 fully saturated rings. The van der Waals surface area contributed by atoms with Crippen molar-refractivity contribution < 1.29 is 0 Å². The van der Waals surface area contributed by atoms with Gasteiger partial charge in [0.25, 0.3) is 0 Å². The Balaban J connectivity index is 2.08. The highest BCUT2D eigenvalue weighted by Crippen LogP contribution is 2.29. The van der Waals surface area contributed by atoms with E-state index in [0.29, 0.717) is 0 Å². The van der Waals surface area contributed by atoms with Crippen molar-refractivity contribution in [2.75, 3.05) is 7.05 Å². The lowest BCUT2D eigenvalue weighted by molar-refractivity contribution is 0.685. The SMILES string of the molecule is CNCc1nc(C)n(C)c1-c1ccc2c(c1)CCCC2. The third-order valence-electron chi connectivity index (χ3n) is 4.36. The number of nitrogens with one attached hydrogen (secondary N) is 1. The average molecular weight is 269 g/mol. The number of aromatic nitrogens is 2. The van der Waals surface area contributed by atoms with E-state index in [9.17, 15) is 0 Å². The van der Waals surface area contributed by atoms with Gasteiger partial charge < -0.3 is 9.88 Å². The minimum atomic E-state index is 0.814. The third kappa shape index (κ3) is 2.27. The summed E-state index contributed by atoms with van der Waals surface area (Å²) in [5, 5.41) is 3.22. The first kappa shape index (κ1) is 13.4. The highest BCUT2D eigenvalue weighted by molar-refractivity contribution is 5.65. The minimum Gasteiger partial charge on any atom is -0.331 e. The van der Waals surface area contributed by atoms with Gasteiger partial charge in [-0.3, -0.25) is 0 Å². The van der Waals surface area contributed by atoms with Gasteiger partial charge in [0, 0.05) is 19.2 Å². The van der Waals surface area contributed by atoms with Gasteiger partial charge in [-0.1, -0.05) is 12.1 Å². The molecule has 1 heterocycles. The van der Waals surface area contributed by atoms with Crippen LogP contribution in [0.25, 0.3) is 11.3 Å². The van der Waals surface area contributed by atoms with Crippen molar-refractivity contribution in [3.63, 3.8) is 0 Å². The molecule has 3 nitrogen and oxygen atoms in total. The Morgan fingerprint density at radius 1 is 1.20 bits per heavy atom. The van der Waals surface area contributed by atoms with Crippen molar-refractivity contribution in [3.05, 3.63) is 40.8 Å². The van der Waals surface area contributed by atoms with Crippen LogP contribution in [0.15, 0.2) is 18.2 Å². The lowest BCUT2D eigenvalue weighted by Crippen LogP contribution is -2.08. The molecule has 1 aromatic carbocycles. The van der Waals surface area contributed by atoms with Gasteiger partial charge in [-0.25, -0.2) is 4.98 Å². The van der Waals surface area contributed by atoms with Crippen LogP contribution in [0.4, 0.5) is 0 Å². The van der Waals surface area contributed by atoms with E-state index < -0.39 is 0 Å². The van der Waals surface area contributed by atoms with E-state index >= 15 is 0 Å². The van der Waals surface area contributed by atoms with E-state index in [1.807, 2.05) is 7.05 Å². The fourth-order valence-corrected chi connectivity index (χ4v) is 3.21. The van der Waals surface area contributed by atoms with Gasteiger partial charge in [0.1, 0.15) is 5.82 Å². The molecule has 2 aromatic rings. The molecule has 0 aliphatic heterocycles. The van der Waals surface area contributed by atoms with E-state index in [0.717, 1.165) is 18.1 Å². The zero-order chi connectivity index (χ0) is 14.1. The molecule has 1 aliphatic carbocycles. The molecule has 1 aliphatic rings. The summed E-state index contributed by atoms with van der Waals surface area (Å²) in [4.78, 5) is 4.69. The third-order valence-corrected chi connectivity index (χ3v) is 4.36. The zero-order valence-corrected chi connectivity index (χ0v) is 12.7. The van der Waals surface area contributed by atoms with Gasteiger partial charge in [0.05, 0.1) is 11.4 Å². The van der Waals surface area contributed by atoms with Gasteiger partial charge in [0.15, 0.2) is 0 Å². The Kier molecular flexibility index (Phi) is 3.62. The Hall–Kier alpha value is -1.61. The first-order valence-corrected chi connectivity index (χ1v) is 7.49. The van der Waals surface area contributed by atoms with E-state index in [1.165, 1.54) is 48.1 Å². The lowest BCUT2D eigenvalue weighted by atomic mass is 9.89. The van der Waals surface area contributed by atoms with Crippen LogP contribution in [0.5, 0.6) is 0 Å². The van der Waals surface area contributed by atoms with Crippen LogP contribution in [0, 0.1) is 6.92 Å². The first-order chi connectivity index (χ1) is 9.70. The Morgan fingerprint density at radius 3 is 2.70 bits per heavy atom. The molecule has 20 heavy (non-hydrogen) atoms. The number of imidazole rings is 1. The van der Waals surface area contributed by atoms with Crippen molar-refractivity contribution in [1.82, 2.24) is 14.9 Å². The molecule has 0 spiro atoms. The fraction of sp³-hybridized carbons (Fsp3) is 0.471. The van der Waals surface area contributed by atoms with Crippen molar-refractivity contribution in [2.24, 2.45) is 7.05 Å². The maximum absolute atomic E-state index is 4.69. The summed E-state index contributed by atoms with van der Waals surface area (Å²) in [5.41, 5.74) is 6.77. The summed E-state index contributed by atoms with van der Waals surface area (Å²) in [6.45, 7) is 2.88. The van der Waals surface area contributed by atoms with Gasteiger partial charge >= 0.3 is 0 Å². The monoisotopic (exact) mass is 269 g/mol. The highest BCUT2D eigenvalue weighted by Gasteiger charge is 2.16. The summed E-state index contributed by atoms with van der Waals surface area (Å²) < 4.78 is 2.21. The molecule has 1 N–H and O–H groups in total. The predicted octanol–water partition coefficient (Wildman–Crippen LogP) is 2.99. The van der Waals surface area contributed by atoms with E-state index in [1.54, 1.807) is 0 Å². The van der Waals surface area contributed by atoms with Crippen LogP contribution in [-0.2, 0) is 26.4 Å². The molecule has 3 rings (SSSR count). The summed E-state index contributed by atoms with van der Waals surface area (Å²) in [6, 6.07) is 6.96. The number of nitrogens with zero attached hydrogens (tertiary/aromatic N) is 2. The second-order valence-electron chi connectivity index (χ2n) is 5.73. The number of hydrogen-bond donors (Lipinski definition) is 1. The lowest BCUT2D eigenvalue weighted by Gasteiger charge is -2.17. The van der Waals surface area contributed by atoms with Crippen LogP contribution in [0.1, 0.15) is 35.5 Å². The normalized spacial score (nSPS) is 14.3. The molecule has 3 heteroatoms. The average Bonchev–Trinajstić information content (AvgIpc) is 2.74. The number of rotatable bonds is 3. The summed E-state index contributed by atoms with van der Waals surface area (Å²) in [7, 11) is 4.08. The Labute approximate surface area is 121 Å². The van der Waals surface area contributed by atoms with Crippen LogP contribution in [-0.4, -0.2) is 16.6 Å². The van der Waals surface area contributed by atoms with E-state index in [-0.39, 0.29) is 0 Å². The molecule has 1 aromatic heterocycles. The maximum Gasteiger partial charge on any atom is 0.106 e. The van der Waals surface area contributed by atoms with E-state index in [2.05, 4.69) is 47.0 Å². The topological polar surface area (TPSA) is 29.9 Å². The molecule has 0 bridgehead atoms. The second kappa shape index (κ2) is 5.41. The molecule has 0 atom stereocenters. The first-order valence-electron chi connectivity index (χ1n) is 7.49. The Bertz CT molecular complexity index is 625. The second-order valence-corrected chi connectivity index (χ2v) is 5.73. The Morgan fingerprint density at radius 2 is 1.95 bits per heavy atom. The molecule has 0 amide bonds. The van der Waals surface area contributed by atoms with Crippen molar-refractivity contribution in [3.8, 4) is 11.3 Å². The standard InChI is InChI=1S/C17H23N3/c1-12-19-16(11-18-2)17(20(12)3)15-9-8-13-6-4-5-7-14(13)10-15/h8-10,18H,4-7,11H2,1-3H3. The molecule has 106 valence electrons. The zero-order valence-electron chi connectivity index (χ0n) is 12.7. The minimum absolute atomic E-state index is 0.814. The summed E-state index contributed by atoms with van der Waals surface area (Å²) in [6.07, 6.45) is 5.12. The van der Waals surface area contributed by atoms with Crippen LogP contribution in [0.2, 0.25) is 0 Å². The largest absolute Gasteiger partial charge is 0.331 e. The van der Waals surface area contributed by atoms with Gasteiger partial charge in [-0.05, 0) is 56.8 Å². The van der Waals surface area contributed by atoms with Crippen LogP contribution < -0.4 is 5.32 Å². The summed E-state index contributed by atoms with van der Waals surface area (Å²) >= 11 is 0. The number of hydrogen-bond acceptors (Lipinski definition) is 2. The number of fused-ring (bicyclic) bond motifs is 1. The molecule has 0 saturated heterocycles. The summed E-state index contributed by atoms with van der Waals surface area (Å²) in [5.74, 6) is 1.07. The molecular weight excluding hydrogens is 246 g/mol. The fourth-order valence-electron chi connectivity index (χ4n) is 3.21. The molecular formula is C17H23N3. The molecule has 0 unspecified atom stereocenters. The van der Waals surface area contributed by atoms with E-state index in [4.69, 9.17) is 0 Å². The van der Waals surface area contributed by atoms with Crippen molar-refractivity contribution in [1.29, 1.82) is 0 Å². The molecule has 0 radical (unpaired) electrons. The number of benzene rings is 1. The number of aryl methyl sites for hydroxylation is 3. The highest BCUT2D eigenvalue weighted by atomic mass is 15.1. The van der Waals surface area contributed by atoms with Gasteiger partial charge in [-0.2, -0.15) is 0 Å².